The topological polar surface area (TPSA) is 140 Å². The quantitative estimate of drug-likeness (QED) is 0.186. The molecule has 0 aliphatic carbocycles. The van der Waals surface area contributed by atoms with Crippen LogP contribution >= 0.6 is 0 Å². The number of nitrogens with zero attached hydrogens (tertiary/aromatic N) is 4. The molecule has 5 rings (SSSR count). The molecule has 3 aromatic carbocycles. The van der Waals surface area contributed by atoms with Gasteiger partial charge in [0.05, 0.1) is 17.2 Å². The molecule has 1 N–H and O–H groups in total. The molecule has 38 heavy (non-hydrogen) atoms. The zero-order chi connectivity index (χ0) is 26.5. The summed E-state index contributed by atoms with van der Waals surface area (Å²) in [5.41, 5.74) is 1.93. The van der Waals surface area contributed by atoms with E-state index in [9.17, 15) is 14.9 Å². The summed E-state index contributed by atoms with van der Waals surface area (Å²) in [4.78, 5) is 27.6. The average Bonchev–Trinajstić information content (AvgIpc) is 3.58. The molecule has 0 radical (unpaired) electrons. The Balaban J connectivity index is 1.39. The molecule has 0 atom stereocenters. The summed E-state index contributed by atoms with van der Waals surface area (Å²) in [6.45, 7) is 3.34. The molecular weight excluding hydrogens is 494 g/mol. The highest BCUT2D eigenvalue weighted by atomic mass is 16.7. The lowest BCUT2D eigenvalue weighted by Crippen LogP contribution is -2.12. The van der Waals surface area contributed by atoms with Crippen molar-refractivity contribution in [2.75, 3.05) is 31.9 Å². The first-order valence-electron chi connectivity index (χ1n) is 11.8. The number of hydrogen-bond acceptors (Lipinski definition) is 9. The van der Waals surface area contributed by atoms with Gasteiger partial charge in [0.15, 0.2) is 17.3 Å². The summed E-state index contributed by atoms with van der Waals surface area (Å²) >= 11 is 0. The molecule has 0 saturated carbocycles. The predicted molar refractivity (Wildman–Crippen MR) is 136 cm³/mol. The number of non-ortho nitro benzene ring substituents is 1. The Labute approximate surface area is 216 Å². The third-order valence-electron chi connectivity index (χ3n) is 5.57. The lowest BCUT2D eigenvalue weighted by atomic mass is 10.1. The maximum Gasteiger partial charge on any atom is 0.336 e. The van der Waals surface area contributed by atoms with Gasteiger partial charge in [0.25, 0.3) is 11.6 Å². The van der Waals surface area contributed by atoms with Crippen LogP contribution in [0.5, 0.6) is 17.5 Å². The smallest absolute Gasteiger partial charge is 0.336 e. The first-order valence-corrected chi connectivity index (χ1v) is 11.8. The molecule has 2 heterocycles. The summed E-state index contributed by atoms with van der Waals surface area (Å²) in [5, 5.41) is 18.3. The number of rotatable bonds is 10. The number of aromatic nitrogens is 3. The van der Waals surface area contributed by atoms with Crippen LogP contribution in [-0.4, -0.2) is 52.2 Å². The number of anilines is 1. The maximum absolute atomic E-state index is 12.6. The average molecular weight is 517 g/mol. The second-order valence-electron chi connectivity index (χ2n) is 8.05. The van der Waals surface area contributed by atoms with Crippen LogP contribution in [0, 0.1) is 10.1 Å². The van der Waals surface area contributed by atoms with Crippen LogP contribution in [0.25, 0.3) is 17.1 Å². The van der Waals surface area contributed by atoms with Crippen molar-refractivity contribution < 1.29 is 28.7 Å². The molecular formula is C26H23N5O7. The van der Waals surface area contributed by atoms with Crippen LogP contribution in [0.15, 0.2) is 66.7 Å². The molecule has 0 unspecified atom stereocenters. The Kier molecular flexibility index (Phi) is 7.13. The van der Waals surface area contributed by atoms with Crippen molar-refractivity contribution in [3.63, 3.8) is 0 Å². The van der Waals surface area contributed by atoms with Gasteiger partial charge in [0.2, 0.25) is 6.79 Å². The number of ether oxygens (including phenoxy) is 4. The third kappa shape index (κ3) is 5.39. The Morgan fingerprint density at radius 1 is 1.08 bits per heavy atom. The van der Waals surface area contributed by atoms with E-state index in [1.54, 1.807) is 35.0 Å². The highest BCUT2D eigenvalue weighted by Gasteiger charge is 2.20. The van der Waals surface area contributed by atoms with Crippen LogP contribution in [0.1, 0.15) is 17.3 Å². The minimum absolute atomic E-state index is 0.154. The largest absolute Gasteiger partial charge is 0.460 e. The van der Waals surface area contributed by atoms with E-state index in [2.05, 4.69) is 15.4 Å². The number of hydrogen-bond donors (Lipinski definition) is 1. The van der Waals surface area contributed by atoms with Gasteiger partial charge < -0.3 is 24.3 Å². The number of fused-ring (bicyclic) bond motifs is 1. The Morgan fingerprint density at radius 3 is 2.68 bits per heavy atom. The number of carbonyl (C=O) groups is 1. The van der Waals surface area contributed by atoms with Gasteiger partial charge in [-0.1, -0.05) is 6.07 Å². The molecule has 0 bridgehead atoms. The van der Waals surface area contributed by atoms with Crippen LogP contribution in [-0.2, 0) is 4.74 Å². The van der Waals surface area contributed by atoms with Crippen molar-refractivity contribution >= 4 is 17.3 Å². The number of benzene rings is 3. The second-order valence-corrected chi connectivity index (χ2v) is 8.05. The second kappa shape index (κ2) is 11.0. The molecule has 0 spiro atoms. The van der Waals surface area contributed by atoms with Gasteiger partial charge in [-0.25, -0.2) is 4.68 Å². The van der Waals surface area contributed by atoms with E-state index >= 15 is 0 Å². The van der Waals surface area contributed by atoms with Gasteiger partial charge in [-0.05, 0) is 55.5 Å². The van der Waals surface area contributed by atoms with E-state index in [1.165, 1.54) is 24.3 Å². The summed E-state index contributed by atoms with van der Waals surface area (Å²) in [6.07, 6.45) is 0. The highest BCUT2D eigenvalue weighted by Crippen LogP contribution is 2.36. The predicted octanol–water partition coefficient (Wildman–Crippen LogP) is 4.24. The minimum atomic E-state index is -0.545. The maximum atomic E-state index is 12.6. The first-order chi connectivity index (χ1) is 18.5. The van der Waals surface area contributed by atoms with Crippen molar-refractivity contribution in [2.45, 2.75) is 6.92 Å². The number of nitrogens with one attached hydrogen (secondary N) is 1. The molecule has 194 valence electrons. The summed E-state index contributed by atoms with van der Waals surface area (Å²) in [6, 6.07) is 18.1. The van der Waals surface area contributed by atoms with Gasteiger partial charge >= 0.3 is 6.01 Å². The van der Waals surface area contributed by atoms with Crippen LogP contribution in [0.2, 0.25) is 0 Å². The van der Waals surface area contributed by atoms with Crippen molar-refractivity contribution in [1.82, 2.24) is 14.8 Å². The van der Waals surface area contributed by atoms with E-state index in [1.807, 2.05) is 19.1 Å². The zero-order valence-corrected chi connectivity index (χ0v) is 20.3. The van der Waals surface area contributed by atoms with Crippen molar-refractivity contribution in [3.05, 3.63) is 82.4 Å². The monoisotopic (exact) mass is 517 g/mol. The number of amides is 1. The van der Waals surface area contributed by atoms with Gasteiger partial charge in [-0.2, -0.15) is 4.98 Å². The summed E-state index contributed by atoms with van der Waals surface area (Å²) < 4.78 is 23.6. The number of nitro groups is 1. The molecule has 12 nitrogen and oxygen atoms in total. The molecule has 0 saturated heterocycles. The zero-order valence-electron chi connectivity index (χ0n) is 20.3. The Morgan fingerprint density at radius 2 is 1.89 bits per heavy atom. The minimum Gasteiger partial charge on any atom is -0.460 e. The lowest BCUT2D eigenvalue weighted by Gasteiger charge is -2.09. The molecule has 1 aliphatic heterocycles. The molecule has 12 heteroatoms. The van der Waals surface area contributed by atoms with Gasteiger partial charge in [0.1, 0.15) is 6.61 Å². The molecule has 4 aromatic rings. The molecule has 1 aromatic heterocycles. The van der Waals surface area contributed by atoms with Crippen LogP contribution < -0.4 is 19.5 Å². The summed E-state index contributed by atoms with van der Waals surface area (Å²) in [7, 11) is 0. The van der Waals surface area contributed by atoms with E-state index < -0.39 is 10.8 Å². The van der Waals surface area contributed by atoms with Crippen LogP contribution in [0.4, 0.5) is 11.4 Å². The molecule has 0 fully saturated rings. The molecule has 1 aliphatic rings. The van der Waals surface area contributed by atoms with Gasteiger partial charge in [-0.3, -0.25) is 14.9 Å². The van der Waals surface area contributed by atoms with E-state index in [0.717, 1.165) is 5.56 Å². The van der Waals surface area contributed by atoms with E-state index in [4.69, 9.17) is 18.9 Å². The lowest BCUT2D eigenvalue weighted by molar-refractivity contribution is -0.384. The van der Waals surface area contributed by atoms with Crippen molar-refractivity contribution in [2.24, 2.45) is 0 Å². The Bertz CT molecular complexity index is 1470. The fraction of sp³-hybridized carbons (Fsp3) is 0.192. The fourth-order valence-electron chi connectivity index (χ4n) is 3.74. The first kappa shape index (κ1) is 24.7. The van der Waals surface area contributed by atoms with Gasteiger partial charge in [0, 0.05) is 35.6 Å². The van der Waals surface area contributed by atoms with Crippen LogP contribution in [0.3, 0.4) is 0 Å². The number of carbonyl (C=O) groups excluding carboxylic acids is 1. The SMILES string of the molecule is CCOCCOc1nc(-c2ccc3c(c2)OCO3)n(-c2ccc(NC(=O)c3cccc([N+](=O)[O-])c3)cc2)n1. The van der Waals surface area contributed by atoms with Crippen molar-refractivity contribution in [1.29, 1.82) is 0 Å². The molecule has 1 amide bonds. The third-order valence-corrected chi connectivity index (χ3v) is 5.57. The number of nitro benzene ring substituents is 1. The van der Waals surface area contributed by atoms with E-state index in [0.29, 0.717) is 48.5 Å². The summed E-state index contributed by atoms with van der Waals surface area (Å²) in [5.74, 6) is 1.31. The van der Waals surface area contributed by atoms with Crippen molar-refractivity contribution in [3.8, 4) is 34.6 Å². The highest BCUT2D eigenvalue weighted by molar-refractivity contribution is 6.04. The van der Waals surface area contributed by atoms with Gasteiger partial charge in [-0.15, -0.1) is 5.10 Å². The standard InChI is InChI=1S/C26H23N5O7/c1-2-35-12-13-36-26-28-24(17-6-11-22-23(15-17)38-16-37-22)30(29-26)20-9-7-19(8-10-20)27-25(32)18-4-3-5-21(14-18)31(33)34/h3-11,14-15H,2,12-13,16H2,1H3,(H,27,32). The normalized spacial score (nSPS) is 11.8. The Hall–Kier alpha value is -4.97. The van der Waals surface area contributed by atoms with E-state index in [-0.39, 0.29) is 24.1 Å². The fourth-order valence-corrected chi connectivity index (χ4v) is 3.74.